The summed E-state index contributed by atoms with van der Waals surface area (Å²) in [5.41, 5.74) is 2.80. The maximum atomic E-state index is 12.9. The molecule has 4 N–H and O–H groups in total. The molecule has 0 heterocycles. The van der Waals surface area contributed by atoms with E-state index in [1.54, 1.807) is 0 Å². The summed E-state index contributed by atoms with van der Waals surface area (Å²) in [6.07, 6.45) is 0.597. The Morgan fingerprint density at radius 1 is 1.43 bits per heavy atom. The van der Waals surface area contributed by atoms with Crippen LogP contribution < -0.4 is 11.3 Å². The third kappa shape index (κ3) is 2.00. The number of hydrazine groups is 1. The summed E-state index contributed by atoms with van der Waals surface area (Å²) >= 11 is 0. The molecule has 5 heteroatoms. The zero-order valence-corrected chi connectivity index (χ0v) is 7.72. The van der Waals surface area contributed by atoms with E-state index in [1.807, 2.05) is 6.92 Å². The van der Waals surface area contributed by atoms with E-state index in [4.69, 9.17) is 10.9 Å². The van der Waals surface area contributed by atoms with Gasteiger partial charge in [-0.1, -0.05) is 6.92 Å². The Bertz CT molecular complexity index is 304. The first-order chi connectivity index (χ1) is 6.60. The Balaban J connectivity index is 3.11. The molecule has 1 rings (SSSR count). The molecule has 0 saturated heterocycles. The van der Waals surface area contributed by atoms with E-state index in [9.17, 15) is 8.78 Å². The van der Waals surface area contributed by atoms with Crippen LogP contribution in [0.15, 0.2) is 12.1 Å². The molecule has 1 atom stereocenters. The number of rotatable bonds is 3. The van der Waals surface area contributed by atoms with Crippen molar-refractivity contribution >= 4 is 0 Å². The largest absolute Gasteiger partial charge is 0.503 e. The molecule has 78 valence electrons. The number of aromatic hydroxyl groups is 1. The maximum Gasteiger partial charge on any atom is 0.187 e. The van der Waals surface area contributed by atoms with E-state index in [2.05, 4.69) is 5.43 Å². The van der Waals surface area contributed by atoms with Crippen LogP contribution in [0.25, 0.3) is 0 Å². The fraction of sp³-hybridized carbons (Fsp3) is 0.333. The molecule has 0 aliphatic heterocycles. The van der Waals surface area contributed by atoms with Gasteiger partial charge in [0.15, 0.2) is 17.4 Å². The summed E-state index contributed by atoms with van der Waals surface area (Å²) < 4.78 is 25.8. The van der Waals surface area contributed by atoms with Crippen LogP contribution in [-0.4, -0.2) is 5.11 Å². The summed E-state index contributed by atoms with van der Waals surface area (Å²) in [4.78, 5) is 0. The molecule has 0 saturated carbocycles. The fourth-order valence-corrected chi connectivity index (χ4v) is 1.24. The van der Waals surface area contributed by atoms with Crippen LogP contribution in [0.4, 0.5) is 8.78 Å². The van der Waals surface area contributed by atoms with Crippen molar-refractivity contribution in [2.45, 2.75) is 19.4 Å². The van der Waals surface area contributed by atoms with Gasteiger partial charge in [-0.15, -0.1) is 0 Å². The molecule has 14 heavy (non-hydrogen) atoms. The SMILES string of the molecule is CCC(NN)c1cc(F)c(O)c(F)c1. The normalized spacial score (nSPS) is 12.9. The smallest absolute Gasteiger partial charge is 0.187 e. The Kier molecular flexibility index (Phi) is 3.38. The van der Waals surface area contributed by atoms with Gasteiger partial charge < -0.3 is 5.11 Å². The van der Waals surface area contributed by atoms with Crippen molar-refractivity contribution in [1.29, 1.82) is 0 Å². The molecular weight excluding hydrogens is 190 g/mol. The highest BCUT2D eigenvalue weighted by atomic mass is 19.1. The Morgan fingerprint density at radius 3 is 2.29 bits per heavy atom. The molecule has 0 bridgehead atoms. The quantitative estimate of drug-likeness (QED) is 0.515. The minimum absolute atomic E-state index is 0.320. The van der Waals surface area contributed by atoms with Crippen molar-refractivity contribution in [3.8, 4) is 5.75 Å². The number of nitrogens with one attached hydrogen (secondary N) is 1. The Hall–Kier alpha value is -1.20. The summed E-state index contributed by atoms with van der Waals surface area (Å²) in [5.74, 6) is 2.28. The highest BCUT2D eigenvalue weighted by molar-refractivity contribution is 5.31. The third-order valence-electron chi connectivity index (χ3n) is 2.05. The summed E-state index contributed by atoms with van der Waals surface area (Å²) in [6.45, 7) is 1.83. The van der Waals surface area contributed by atoms with E-state index in [-0.39, 0.29) is 6.04 Å². The summed E-state index contributed by atoms with van der Waals surface area (Å²) in [5, 5.41) is 8.86. The van der Waals surface area contributed by atoms with Gasteiger partial charge >= 0.3 is 0 Å². The topological polar surface area (TPSA) is 58.3 Å². The molecular formula is C9H12F2N2O. The van der Waals surface area contributed by atoms with E-state index in [0.29, 0.717) is 12.0 Å². The van der Waals surface area contributed by atoms with Gasteiger partial charge in [0.2, 0.25) is 0 Å². The van der Waals surface area contributed by atoms with Gasteiger partial charge in [0.1, 0.15) is 0 Å². The highest BCUT2D eigenvalue weighted by Crippen LogP contribution is 2.25. The molecule has 1 aromatic carbocycles. The number of benzene rings is 1. The number of phenols is 1. The Labute approximate surface area is 80.5 Å². The van der Waals surface area contributed by atoms with E-state index in [0.717, 1.165) is 12.1 Å². The summed E-state index contributed by atoms with van der Waals surface area (Å²) in [6, 6.07) is 1.80. The lowest BCUT2D eigenvalue weighted by atomic mass is 10.0. The van der Waals surface area contributed by atoms with Crippen molar-refractivity contribution in [1.82, 2.24) is 5.43 Å². The van der Waals surface area contributed by atoms with Crippen molar-refractivity contribution < 1.29 is 13.9 Å². The van der Waals surface area contributed by atoms with Crippen LogP contribution in [-0.2, 0) is 0 Å². The van der Waals surface area contributed by atoms with Gasteiger partial charge in [-0.3, -0.25) is 11.3 Å². The summed E-state index contributed by atoms with van der Waals surface area (Å²) in [7, 11) is 0. The van der Waals surface area contributed by atoms with Gasteiger partial charge in [-0.2, -0.15) is 0 Å². The first-order valence-electron chi connectivity index (χ1n) is 4.24. The monoisotopic (exact) mass is 202 g/mol. The average molecular weight is 202 g/mol. The van der Waals surface area contributed by atoms with Crippen molar-refractivity contribution in [3.63, 3.8) is 0 Å². The van der Waals surface area contributed by atoms with Gasteiger partial charge in [0.25, 0.3) is 0 Å². The van der Waals surface area contributed by atoms with Crippen LogP contribution >= 0.6 is 0 Å². The Morgan fingerprint density at radius 2 is 1.93 bits per heavy atom. The predicted octanol–water partition coefficient (Wildman–Crippen LogP) is 1.58. The minimum atomic E-state index is -0.978. The molecule has 1 unspecified atom stereocenters. The van der Waals surface area contributed by atoms with Crippen LogP contribution in [0.2, 0.25) is 0 Å². The molecule has 0 aromatic heterocycles. The van der Waals surface area contributed by atoms with Crippen molar-refractivity contribution in [2.24, 2.45) is 5.84 Å². The lowest BCUT2D eigenvalue weighted by molar-refractivity contribution is 0.393. The first kappa shape index (κ1) is 10.9. The van der Waals surface area contributed by atoms with Gasteiger partial charge in [-0.05, 0) is 24.1 Å². The number of phenolic OH excluding ortho intramolecular Hbond substituents is 1. The standard InChI is InChI=1S/C9H12F2N2O/c1-2-8(13-12)5-3-6(10)9(14)7(11)4-5/h3-4,8,13-14H,2,12H2,1H3. The molecule has 0 radical (unpaired) electrons. The average Bonchev–Trinajstić information content (AvgIpc) is 2.16. The molecule has 3 nitrogen and oxygen atoms in total. The third-order valence-corrected chi connectivity index (χ3v) is 2.05. The lowest BCUT2D eigenvalue weighted by Crippen LogP contribution is -2.27. The number of halogens is 2. The number of hydrogen-bond acceptors (Lipinski definition) is 3. The zero-order chi connectivity index (χ0) is 10.7. The fourth-order valence-electron chi connectivity index (χ4n) is 1.24. The van der Waals surface area contributed by atoms with Crippen molar-refractivity contribution in [2.75, 3.05) is 0 Å². The molecule has 1 aromatic rings. The molecule has 0 aliphatic rings. The molecule has 0 fully saturated rings. The van der Waals surface area contributed by atoms with E-state index >= 15 is 0 Å². The van der Waals surface area contributed by atoms with Gasteiger partial charge in [0, 0.05) is 6.04 Å². The van der Waals surface area contributed by atoms with E-state index < -0.39 is 17.4 Å². The molecule has 0 amide bonds. The lowest BCUT2D eigenvalue weighted by Gasteiger charge is -2.14. The van der Waals surface area contributed by atoms with Crippen LogP contribution in [0.5, 0.6) is 5.75 Å². The number of hydrogen-bond donors (Lipinski definition) is 3. The van der Waals surface area contributed by atoms with Gasteiger partial charge in [-0.25, -0.2) is 8.78 Å². The highest BCUT2D eigenvalue weighted by Gasteiger charge is 2.14. The van der Waals surface area contributed by atoms with Crippen LogP contribution in [0.1, 0.15) is 24.9 Å². The molecule has 0 aliphatic carbocycles. The first-order valence-corrected chi connectivity index (χ1v) is 4.24. The second-order valence-corrected chi connectivity index (χ2v) is 2.96. The van der Waals surface area contributed by atoms with Crippen molar-refractivity contribution in [3.05, 3.63) is 29.3 Å². The second kappa shape index (κ2) is 4.34. The molecule has 0 spiro atoms. The number of nitrogens with two attached hydrogens (primary N) is 1. The van der Waals surface area contributed by atoms with Crippen LogP contribution in [0, 0.1) is 11.6 Å². The predicted molar refractivity (Wildman–Crippen MR) is 48.4 cm³/mol. The van der Waals surface area contributed by atoms with Crippen LogP contribution in [0.3, 0.4) is 0 Å². The maximum absolute atomic E-state index is 12.9. The minimum Gasteiger partial charge on any atom is -0.503 e. The van der Waals surface area contributed by atoms with E-state index in [1.165, 1.54) is 0 Å². The van der Waals surface area contributed by atoms with Gasteiger partial charge in [0.05, 0.1) is 0 Å². The second-order valence-electron chi connectivity index (χ2n) is 2.96. The zero-order valence-electron chi connectivity index (χ0n) is 7.72.